The van der Waals surface area contributed by atoms with Gasteiger partial charge < -0.3 is 15.5 Å². The number of aliphatic hydroxyl groups is 1. The summed E-state index contributed by atoms with van der Waals surface area (Å²) in [6.45, 7) is 2.10. The number of carboxylic acid groups (broad SMARTS) is 1. The smallest absolute Gasteiger partial charge is 0.335 e. The van der Waals surface area contributed by atoms with Crippen LogP contribution in [-0.2, 0) is 4.79 Å². The van der Waals surface area contributed by atoms with Gasteiger partial charge in [0.25, 0.3) is 5.91 Å². The largest absolute Gasteiger partial charge is 0.479 e. The maximum atomic E-state index is 12.9. The summed E-state index contributed by atoms with van der Waals surface area (Å²) in [6, 6.07) is 4.03. The molecule has 0 unspecified atom stereocenters. The number of nitrogens with zero attached hydrogens (tertiary/aromatic N) is 1. The van der Waals surface area contributed by atoms with Crippen molar-refractivity contribution >= 4 is 23.6 Å². The van der Waals surface area contributed by atoms with E-state index in [4.69, 9.17) is 4.98 Å². The second kappa shape index (κ2) is 9.94. The van der Waals surface area contributed by atoms with Crippen molar-refractivity contribution in [2.24, 2.45) is 0 Å². The van der Waals surface area contributed by atoms with Gasteiger partial charge in [0.2, 0.25) is 0 Å². The van der Waals surface area contributed by atoms with Gasteiger partial charge in [-0.05, 0) is 62.8 Å². The highest BCUT2D eigenvalue weighted by atomic mass is 32.2. The molecule has 2 aliphatic rings. The fourth-order valence-electron chi connectivity index (χ4n) is 4.28. The van der Waals surface area contributed by atoms with Crippen molar-refractivity contribution in [1.82, 2.24) is 10.3 Å². The molecule has 3 rings (SSSR count). The van der Waals surface area contributed by atoms with Gasteiger partial charge in [-0.15, -0.1) is 11.8 Å². The molecule has 0 saturated heterocycles. The van der Waals surface area contributed by atoms with Gasteiger partial charge in [0, 0.05) is 17.7 Å². The predicted octanol–water partition coefficient (Wildman–Crippen LogP) is 4.12. The van der Waals surface area contributed by atoms with E-state index in [1.54, 1.807) is 11.8 Å². The maximum Gasteiger partial charge on any atom is 0.335 e. The van der Waals surface area contributed by atoms with E-state index >= 15 is 0 Å². The van der Waals surface area contributed by atoms with E-state index in [2.05, 4.69) is 12.2 Å². The Morgan fingerprint density at radius 3 is 2.48 bits per heavy atom. The lowest BCUT2D eigenvalue weighted by molar-refractivity contribution is -0.162. The van der Waals surface area contributed by atoms with Crippen LogP contribution in [0.2, 0.25) is 0 Å². The van der Waals surface area contributed by atoms with Crippen LogP contribution in [0.25, 0.3) is 0 Å². The number of hydrogen-bond donors (Lipinski definition) is 3. The van der Waals surface area contributed by atoms with E-state index in [0.717, 1.165) is 35.7 Å². The number of amides is 1. The van der Waals surface area contributed by atoms with Gasteiger partial charge in [0.05, 0.1) is 5.56 Å². The van der Waals surface area contributed by atoms with Crippen LogP contribution in [0.4, 0.5) is 0 Å². The summed E-state index contributed by atoms with van der Waals surface area (Å²) in [5, 5.41) is 23.3. The van der Waals surface area contributed by atoms with Crippen molar-refractivity contribution < 1.29 is 19.8 Å². The zero-order chi connectivity index (χ0) is 20.9. The fraction of sp³-hybridized carbons (Fsp3) is 0.682. The van der Waals surface area contributed by atoms with Crippen LogP contribution < -0.4 is 5.32 Å². The quantitative estimate of drug-likeness (QED) is 0.574. The van der Waals surface area contributed by atoms with Crippen LogP contribution in [0.1, 0.15) is 93.1 Å². The average Bonchev–Trinajstić information content (AvgIpc) is 2.73. The van der Waals surface area contributed by atoms with Crippen molar-refractivity contribution in [3.05, 3.63) is 23.4 Å². The van der Waals surface area contributed by atoms with Gasteiger partial charge in [0.15, 0.2) is 5.60 Å². The van der Waals surface area contributed by atoms with Crippen molar-refractivity contribution in [1.29, 1.82) is 0 Å². The fourth-order valence-corrected chi connectivity index (χ4v) is 5.16. The van der Waals surface area contributed by atoms with Gasteiger partial charge in [-0.25, -0.2) is 9.78 Å². The van der Waals surface area contributed by atoms with Gasteiger partial charge in [-0.3, -0.25) is 4.79 Å². The van der Waals surface area contributed by atoms with E-state index in [1.165, 1.54) is 19.3 Å². The van der Waals surface area contributed by atoms with Gasteiger partial charge >= 0.3 is 5.97 Å². The molecule has 1 amide bonds. The number of pyridine rings is 1. The van der Waals surface area contributed by atoms with E-state index in [0.29, 0.717) is 18.4 Å². The molecule has 0 spiro atoms. The highest BCUT2D eigenvalue weighted by molar-refractivity contribution is 7.99. The normalized spacial score (nSPS) is 25.5. The second-order valence-corrected chi connectivity index (χ2v) is 9.44. The molecule has 0 bridgehead atoms. The van der Waals surface area contributed by atoms with Crippen LogP contribution in [0.5, 0.6) is 0 Å². The van der Waals surface area contributed by atoms with Crippen molar-refractivity contribution in [3.8, 4) is 0 Å². The first kappa shape index (κ1) is 22.1. The zero-order valence-electron chi connectivity index (χ0n) is 17.2. The number of hydrogen-bond acceptors (Lipinski definition) is 5. The lowest BCUT2D eigenvalue weighted by atomic mass is 9.77. The first-order chi connectivity index (χ1) is 13.9. The van der Waals surface area contributed by atoms with E-state index in [1.807, 2.05) is 12.1 Å². The van der Waals surface area contributed by atoms with Crippen molar-refractivity contribution in [2.75, 3.05) is 5.75 Å². The summed E-state index contributed by atoms with van der Waals surface area (Å²) < 4.78 is 0. The Kier molecular flexibility index (Phi) is 7.57. The second-order valence-electron chi connectivity index (χ2n) is 8.36. The zero-order valence-corrected chi connectivity index (χ0v) is 18.0. The molecule has 160 valence electrons. The molecule has 7 heteroatoms. The molecule has 6 nitrogen and oxygen atoms in total. The monoisotopic (exact) mass is 420 g/mol. The number of aromatic nitrogens is 1. The average molecular weight is 421 g/mol. The third-order valence-corrected chi connectivity index (χ3v) is 7.34. The predicted molar refractivity (Wildman–Crippen MR) is 113 cm³/mol. The highest BCUT2D eigenvalue weighted by Crippen LogP contribution is 2.38. The number of thioether (sulfide) groups is 1. The minimum absolute atomic E-state index is 0.0431. The molecule has 0 radical (unpaired) electrons. The number of carbonyl (C=O) groups excluding carboxylic acids is 1. The molecule has 3 N–H and O–H groups in total. The third kappa shape index (κ3) is 5.51. The molecule has 0 aromatic carbocycles. The Balaban J connectivity index is 1.73. The van der Waals surface area contributed by atoms with Gasteiger partial charge in [-0.2, -0.15) is 0 Å². The minimum atomic E-state index is -1.61. The molecule has 0 atom stereocenters. The standard InChI is InChI=1S/C22H32N2O4S/c1-2-14-29-20-17(19(25)23-16-6-4-3-5-7-16)8-9-18(24-20)15-10-12-22(28,13-11-15)21(26)27/h8-9,15-16,28H,2-7,10-14H2,1H3,(H,23,25)(H,26,27). The number of carbonyl (C=O) groups is 2. The Morgan fingerprint density at radius 2 is 1.86 bits per heavy atom. The van der Waals surface area contributed by atoms with Crippen LogP contribution in [0.3, 0.4) is 0 Å². The molecule has 2 aliphatic carbocycles. The maximum absolute atomic E-state index is 12.9. The number of aliphatic carboxylic acids is 1. The number of rotatable bonds is 7. The Bertz CT molecular complexity index is 726. The summed E-state index contributed by atoms with van der Waals surface area (Å²) in [4.78, 5) is 29.0. The molecule has 0 aliphatic heterocycles. The summed E-state index contributed by atoms with van der Waals surface area (Å²) in [5.74, 6) is -0.175. The lowest BCUT2D eigenvalue weighted by Crippen LogP contribution is -2.41. The Morgan fingerprint density at radius 1 is 1.17 bits per heavy atom. The summed E-state index contributed by atoms with van der Waals surface area (Å²) in [5.41, 5.74) is -0.0864. The highest BCUT2D eigenvalue weighted by Gasteiger charge is 2.40. The van der Waals surface area contributed by atoms with Gasteiger partial charge in [0.1, 0.15) is 5.03 Å². The van der Waals surface area contributed by atoms with Gasteiger partial charge in [-0.1, -0.05) is 26.2 Å². The van der Waals surface area contributed by atoms with Crippen molar-refractivity contribution in [2.45, 2.75) is 93.7 Å². The summed E-state index contributed by atoms with van der Waals surface area (Å²) in [7, 11) is 0. The van der Waals surface area contributed by atoms with Crippen LogP contribution in [0, 0.1) is 0 Å². The molecule has 29 heavy (non-hydrogen) atoms. The van der Waals surface area contributed by atoms with E-state index in [-0.39, 0.29) is 30.7 Å². The Labute approximate surface area is 176 Å². The molecule has 1 heterocycles. The minimum Gasteiger partial charge on any atom is -0.479 e. The Hall–Kier alpha value is -1.60. The molecular weight excluding hydrogens is 388 g/mol. The van der Waals surface area contributed by atoms with E-state index in [9.17, 15) is 19.8 Å². The third-order valence-electron chi connectivity index (χ3n) is 6.14. The lowest BCUT2D eigenvalue weighted by Gasteiger charge is -2.32. The van der Waals surface area contributed by atoms with Crippen LogP contribution >= 0.6 is 11.8 Å². The van der Waals surface area contributed by atoms with Crippen LogP contribution in [-0.4, -0.2) is 44.5 Å². The molecule has 1 aromatic heterocycles. The summed E-state index contributed by atoms with van der Waals surface area (Å²) in [6.07, 6.45) is 8.31. The molecule has 2 fully saturated rings. The SMILES string of the molecule is CCCSc1nc(C2CCC(O)(C(=O)O)CC2)ccc1C(=O)NC1CCCCC1. The summed E-state index contributed by atoms with van der Waals surface area (Å²) >= 11 is 1.60. The first-order valence-corrected chi connectivity index (χ1v) is 11.8. The van der Waals surface area contributed by atoms with Crippen molar-refractivity contribution in [3.63, 3.8) is 0 Å². The number of nitrogens with one attached hydrogen (secondary N) is 1. The molecule has 1 aromatic rings. The topological polar surface area (TPSA) is 99.5 Å². The van der Waals surface area contributed by atoms with Crippen LogP contribution in [0.15, 0.2) is 17.2 Å². The molecular formula is C22H32N2O4S. The molecule has 2 saturated carbocycles. The van der Waals surface area contributed by atoms with E-state index < -0.39 is 11.6 Å². The first-order valence-electron chi connectivity index (χ1n) is 10.8. The number of carboxylic acids is 1.